The Morgan fingerprint density at radius 2 is 1.90 bits per heavy atom. The summed E-state index contributed by atoms with van der Waals surface area (Å²) < 4.78 is 1.93. The fraction of sp³-hybridized carbons (Fsp3) is 0.238. The molecule has 1 aliphatic rings. The second-order valence-electron chi connectivity index (χ2n) is 6.74. The average Bonchev–Trinajstić information content (AvgIpc) is 3.32. The van der Waals surface area contributed by atoms with Crippen LogP contribution in [0.2, 0.25) is 0 Å². The third-order valence-corrected chi connectivity index (χ3v) is 5.59. The van der Waals surface area contributed by atoms with Gasteiger partial charge >= 0.3 is 0 Å². The quantitative estimate of drug-likeness (QED) is 0.633. The van der Waals surface area contributed by atoms with E-state index in [-0.39, 0.29) is 17.6 Å². The van der Waals surface area contributed by atoms with Gasteiger partial charge in [-0.25, -0.2) is 0 Å². The van der Waals surface area contributed by atoms with E-state index in [2.05, 4.69) is 15.5 Å². The van der Waals surface area contributed by atoms with E-state index in [0.29, 0.717) is 17.3 Å². The monoisotopic (exact) mass is 407 g/mol. The van der Waals surface area contributed by atoms with Gasteiger partial charge in [0, 0.05) is 30.0 Å². The van der Waals surface area contributed by atoms with Crippen LogP contribution in [0.25, 0.3) is 5.69 Å². The maximum absolute atomic E-state index is 12.5. The van der Waals surface area contributed by atoms with Crippen molar-refractivity contribution in [2.45, 2.75) is 24.9 Å². The first-order chi connectivity index (χ1) is 14.1. The average molecular weight is 407 g/mol. The number of aromatic nitrogens is 3. The summed E-state index contributed by atoms with van der Waals surface area (Å²) in [6.45, 7) is 2.61. The van der Waals surface area contributed by atoms with Gasteiger partial charge in [-0.15, -0.1) is 10.2 Å². The van der Waals surface area contributed by atoms with Gasteiger partial charge < -0.3 is 10.2 Å². The molecule has 0 unspecified atom stereocenters. The highest BCUT2D eigenvalue weighted by atomic mass is 32.2. The third kappa shape index (κ3) is 4.32. The van der Waals surface area contributed by atoms with Crippen molar-refractivity contribution in [3.63, 3.8) is 0 Å². The van der Waals surface area contributed by atoms with Gasteiger partial charge in [0.05, 0.1) is 5.75 Å². The largest absolute Gasteiger partial charge is 0.325 e. The van der Waals surface area contributed by atoms with Gasteiger partial charge in [-0.2, -0.15) is 0 Å². The summed E-state index contributed by atoms with van der Waals surface area (Å²) in [4.78, 5) is 26.2. The Hall–Kier alpha value is -3.13. The Kier molecular flexibility index (Phi) is 5.62. The fourth-order valence-electron chi connectivity index (χ4n) is 3.31. The molecule has 3 aromatic rings. The van der Waals surface area contributed by atoms with Crippen molar-refractivity contribution in [3.05, 3.63) is 60.4 Å². The predicted molar refractivity (Wildman–Crippen MR) is 113 cm³/mol. The van der Waals surface area contributed by atoms with Crippen molar-refractivity contribution in [2.75, 3.05) is 22.5 Å². The number of nitrogens with zero attached hydrogens (tertiary/aromatic N) is 4. The van der Waals surface area contributed by atoms with E-state index in [1.165, 1.54) is 11.8 Å². The first-order valence-corrected chi connectivity index (χ1v) is 10.4. The van der Waals surface area contributed by atoms with Gasteiger partial charge in [0.2, 0.25) is 11.8 Å². The molecule has 1 N–H and O–H groups in total. The molecule has 148 valence electrons. The standard InChI is InChI=1S/C21H21N5O2S/c1-15-23-24-21(26(15)17-8-3-2-4-9-17)29-14-19(27)22-16-7-5-10-18(13-16)25-12-6-11-20(25)28/h2-5,7-10,13H,6,11-12,14H2,1H3,(H,22,27). The minimum Gasteiger partial charge on any atom is -0.325 e. The molecule has 0 bridgehead atoms. The Morgan fingerprint density at radius 1 is 1.10 bits per heavy atom. The van der Waals surface area contributed by atoms with Crippen molar-refractivity contribution in [3.8, 4) is 5.69 Å². The third-order valence-electron chi connectivity index (χ3n) is 4.66. The van der Waals surface area contributed by atoms with Gasteiger partial charge in [-0.05, 0) is 43.7 Å². The van der Waals surface area contributed by atoms with Crippen molar-refractivity contribution in [1.29, 1.82) is 0 Å². The van der Waals surface area contributed by atoms with Crippen LogP contribution < -0.4 is 10.2 Å². The maximum atomic E-state index is 12.5. The second-order valence-corrected chi connectivity index (χ2v) is 7.68. The number of rotatable bonds is 6. The number of carbonyl (C=O) groups excluding carboxylic acids is 2. The first kappa shape index (κ1) is 19.2. The highest BCUT2D eigenvalue weighted by Crippen LogP contribution is 2.25. The van der Waals surface area contributed by atoms with Crippen LogP contribution in [0, 0.1) is 6.92 Å². The number of thioether (sulfide) groups is 1. The summed E-state index contributed by atoms with van der Waals surface area (Å²) >= 11 is 1.33. The lowest BCUT2D eigenvalue weighted by Gasteiger charge is -2.16. The summed E-state index contributed by atoms with van der Waals surface area (Å²) in [7, 11) is 0. The molecule has 7 nitrogen and oxygen atoms in total. The van der Waals surface area contributed by atoms with Crippen molar-refractivity contribution >= 4 is 35.0 Å². The molecule has 1 fully saturated rings. The van der Waals surface area contributed by atoms with Crippen LogP contribution in [0.4, 0.5) is 11.4 Å². The van der Waals surface area contributed by atoms with Crippen LogP contribution in [0.3, 0.4) is 0 Å². The zero-order chi connectivity index (χ0) is 20.2. The van der Waals surface area contributed by atoms with Crippen LogP contribution in [-0.2, 0) is 9.59 Å². The van der Waals surface area contributed by atoms with E-state index >= 15 is 0 Å². The molecule has 2 amide bonds. The Bertz CT molecular complexity index is 1030. The number of carbonyl (C=O) groups is 2. The number of hydrogen-bond donors (Lipinski definition) is 1. The van der Waals surface area contributed by atoms with Crippen molar-refractivity contribution in [1.82, 2.24) is 14.8 Å². The molecular weight excluding hydrogens is 386 g/mol. The minimum atomic E-state index is -0.139. The predicted octanol–water partition coefficient (Wildman–Crippen LogP) is 3.43. The summed E-state index contributed by atoms with van der Waals surface area (Å²) in [6, 6.07) is 17.2. The number of anilines is 2. The molecule has 2 aromatic carbocycles. The molecule has 29 heavy (non-hydrogen) atoms. The van der Waals surface area contributed by atoms with E-state index in [1.807, 2.05) is 66.1 Å². The maximum Gasteiger partial charge on any atom is 0.234 e. The van der Waals surface area contributed by atoms with E-state index < -0.39 is 0 Å². The molecule has 4 rings (SSSR count). The molecule has 0 saturated carbocycles. The lowest BCUT2D eigenvalue weighted by Crippen LogP contribution is -2.23. The van der Waals surface area contributed by atoms with Gasteiger partial charge in [0.15, 0.2) is 5.16 Å². The number of para-hydroxylation sites is 1. The molecule has 0 spiro atoms. The highest BCUT2D eigenvalue weighted by molar-refractivity contribution is 7.99. The van der Waals surface area contributed by atoms with Gasteiger partial charge in [0.25, 0.3) is 0 Å². The number of hydrogen-bond acceptors (Lipinski definition) is 5. The van der Waals surface area contributed by atoms with Crippen LogP contribution in [0.1, 0.15) is 18.7 Å². The number of nitrogens with one attached hydrogen (secondary N) is 1. The number of aryl methyl sites for hydroxylation is 1. The molecule has 8 heteroatoms. The first-order valence-electron chi connectivity index (χ1n) is 9.42. The Balaban J connectivity index is 1.41. The summed E-state index contributed by atoms with van der Waals surface area (Å²) in [6.07, 6.45) is 1.45. The van der Waals surface area contributed by atoms with E-state index in [9.17, 15) is 9.59 Å². The van der Waals surface area contributed by atoms with Crippen LogP contribution >= 0.6 is 11.8 Å². The molecule has 1 aliphatic heterocycles. The number of benzene rings is 2. The minimum absolute atomic E-state index is 0.125. The topological polar surface area (TPSA) is 80.1 Å². The summed E-state index contributed by atoms with van der Waals surface area (Å²) in [5.41, 5.74) is 2.45. The van der Waals surface area contributed by atoms with Crippen molar-refractivity contribution in [2.24, 2.45) is 0 Å². The summed E-state index contributed by atoms with van der Waals surface area (Å²) in [5.74, 6) is 0.958. The normalized spacial score (nSPS) is 13.7. The molecule has 1 saturated heterocycles. The molecule has 0 radical (unpaired) electrons. The SMILES string of the molecule is Cc1nnc(SCC(=O)Nc2cccc(N3CCCC3=O)c2)n1-c1ccccc1. The summed E-state index contributed by atoms with van der Waals surface area (Å²) in [5, 5.41) is 11.9. The molecule has 2 heterocycles. The lowest BCUT2D eigenvalue weighted by atomic mass is 10.2. The van der Waals surface area contributed by atoms with E-state index in [4.69, 9.17) is 0 Å². The molecule has 0 atom stereocenters. The molecular formula is C21H21N5O2S. The van der Waals surface area contributed by atoms with E-state index in [0.717, 1.165) is 30.2 Å². The van der Waals surface area contributed by atoms with Gasteiger partial charge in [-0.1, -0.05) is 36.0 Å². The molecule has 0 aliphatic carbocycles. The zero-order valence-electron chi connectivity index (χ0n) is 16.0. The smallest absolute Gasteiger partial charge is 0.234 e. The van der Waals surface area contributed by atoms with Crippen LogP contribution in [0.15, 0.2) is 59.8 Å². The van der Waals surface area contributed by atoms with E-state index in [1.54, 1.807) is 4.90 Å². The molecule has 1 aromatic heterocycles. The lowest BCUT2D eigenvalue weighted by molar-refractivity contribution is -0.117. The Labute approximate surface area is 173 Å². The van der Waals surface area contributed by atoms with Gasteiger partial charge in [-0.3, -0.25) is 14.2 Å². The second kappa shape index (κ2) is 8.48. The van der Waals surface area contributed by atoms with Crippen LogP contribution in [-0.4, -0.2) is 38.9 Å². The Morgan fingerprint density at radius 3 is 2.66 bits per heavy atom. The fourth-order valence-corrected chi connectivity index (χ4v) is 4.11. The van der Waals surface area contributed by atoms with Crippen molar-refractivity contribution < 1.29 is 9.59 Å². The van der Waals surface area contributed by atoms with Crippen LogP contribution in [0.5, 0.6) is 0 Å². The zero-order valence-corrected chi connectivity index (χ0v) is 16.9. The van der Waals surface area contributed by atoms with Gasteiger partial charge in [0.1, 0.15) is 5.82 Å². The number of amides is 2. The highest BCUT2D eigenvalue weighted by Gasteiger charge is 2.22.